The number of anilines is 1. The SMILES string of the molecule is CCn1c(=O)cc(C2CCN(CC(F)(F)F)CC2)c2cc(N(C)C(=O)c3cccc(Cl)c3)ccc21. The van der Waals surface area contributed by atoms with E-state index in [1.807, 2.05) is 19.1 Å². The Labute approximate surface area is 206 Å². The largest absolute Gasteiger partial charge is 0.401 e. The first-order valence-corrected chi connectivity index (χ1v) is 12.0. The van der Waals surface area contributed by atoms with Gasteiger partial charge in [-0.2, -0.15) is 13.2 Å². The Morgan fingerprint density at radius 1 is 1.11 bits per heavy atom. The number of hydrogen-bond acceptors (Lipinski definition) is 3. The molecule has 1 amide bonds. The van der Waals surface area contributed by atoms with Crippen LogP contribution in [0, 0.1) is 0 Å². The van der Waals surface area contributed by atoms with Crippen molar-refractivity contribution in [2.24, 2.45) is 0 Å². The second-order valence-electron chi connectivity index (χ2n) is 8.92. The van der Waals surface area contributed by atoms with Gasteiger partial charge in [0.1, 0.15) is 0 Å². The van der Waals surface area contributed by atoms with E-state index in [9.17, 15) is 22.8 Å². The fraction of sp³-hybridized carbons (Fsp3) is 0.385. The number of fused-ring (bicyclic) bond motifs is 1. The Balaban J connectivity index is 1.70. The maximum atomic E-state index is 13.1. The molecule has 3 aromatic rings. The van der Waals surface area contributed by atoms with Crippen molar-refractivity contribution in [1.29, 1.82) is 0 Å². The molecule has 186 valence electrons. The second kappa shape index (κ2) is 10.0. The third-order valence-electron chi connectivity index (χ3n) is 6.64. The zero-order chi connectivity index (χ0) is 25.3. The third kappa shape index (κ3) is 5.54. The molecule has 0 unspecified atom stereocenters. The zero-order valence-electron chi connectivity index (χ0n) is 19.6. The smallest absolute Gasteiger partial charge is 0.311 e. The molecule has 0 aliphatic carbocycles. The number of aromatic nitrogens is 1. The summed E-state index contributed by atoms with van der Waals surface area (Å²) < 4.78 is 40.1. The highest BCUT2D eigenvalue weighted by Gasteiger charge is 2.33. The quantitative estimate of drug-likeness (QED) is 0.447. The summed E-state index contributed by atoms with van der Waals surface area (Å²) >= 11 is 6.05. The number of nitrogens with zero attached hydrogens (tertiary/aromatic N) is 3. The van der Waals surface area contributed by atoms with E-state index >= 15 is 0 Å². The van der Waals surface area contributed by atoms with Gasteiger partial charge in [-0.15, -0.1) is 0 Å². The van der Waals surface area contributed by atoms with E-state index in [1.165, 1.54) is 9.80 Å². The molecule has 1 aliphatic rings. The highest BCUT2D eigenvalue weighted by Crippen LogP contribution is 2.35. The van der Waals surface area contributed by atoms with Gasteiger partial charge in [0.25, 0.3) is 11.5 Å². The highest BCUT2D eigenvalue weighted by molar-refractivity contribution is 6.31. The minimum Gasteiger partial charge on any atom is -0.311 e. The van der Waals surface area contributed by atoms with Crippen LogP contribution in [0.4, 0.5) is 18.9 Å². The molecule has 1 saturated heterocycles. The summed E-state index contributed by atoms with van der Waals surface area (Å²) in [6.45, 7) is 2.08. The number of aryl methyl sites for hydroxylation is 1. The molecule has 2 aromatic carbocycles. The van der Waals surface area contributed by atoms with Gasteiger partial charge in [0.2, 0.25) is 0 Å². The third-order valence-corrected chi connectivity index (χ3v) is 6.87. The number of benzene rings is 2. The molecule has 0 atom stereocenters. The van der Waals surface area contributed by atoms with E-state index in [-0.39, 0.29) is 17.4 Å². The molecule has 5 nitrogen and oxygen atoms in total. The average Bonchev–Trinajstić information content (AvgIpc) is 2.82. The van der Waals surface area contributed by atoms with Gasteiger partial charge in [-0.1, -0.05) is 17.7 Å². The van der Waals surface area contributed by atoms with Crippen LogP contribution in [-0.2, 0) is 6.54 Å². The van der Waals surface area contributed by atoms with E-state index < -0.39 is 12.7 Å². The standard InChI is InChI=1S/C26H27ClF3N3O2/c1-3-33-23-8-7-20(31(2)25(35)18-5-4-6-19(27)13-18)14-22(23)21(15-24(33)34)17-9-11-32(12-10-17)16-26(28,29)30/h4-8,13-15,17H,3,9-12,16H2,1-2H3. The summed E-state index contributed by atoms with van der Waals surface area (Å²) in [5.41, 5.74) is 2.55. The van der Waals surface area contributed by atoms with Crippen molar-refractivity contribution in [3.05, 3.63) is 75.0 Å². The number of likely N-dealkylation sites (tertiary alicyclic amines) is 1. The van der Waals surface area contributed by atoms with Crippen molar-refractivity contribution in [2.75, 3.05) is 31.6 Å². The van der Waals surface area contributed by atoms with Crippen molar-refractivity contribution in [3.63, 3.8) is 0 Å². The molecule has 1 aromatic heterocycles. The first-order chi connectivity index (χ1) is 16.6. The highest BCUT2D eigenvalue weighted by atomic mass is 35.5. The van der Waals surface area contributed by atoms with Crippen molar-refractivity contribution in [3.8, 4) is 0 Å². The monoisotopic (exact) mass is 505 g/mol. The maximum Gasteiger partial charge on any atom is 0.401 e. The van der Waals surface area contributed by atoms with Gasteiger partial charge < -0.3 is 9.47 Å². The second-order valence-corrected chi connectivity index (χ2v) is 9.36. The van der Waals surface area contributed by atoms with E-state index in [0.29, 0.717) is 48.7 Å². The molecule has 1 aliphatic heterocycles. The number of piperidine rings is 1. The zero-order valence-corrected chi connectivity index (χ0v) is 20.4. The molecule has 0 bridgehead atoms. The van der Waals surface area contributed by atoms with Crippen LogP contribution in [0.2, 0.25) is 5.02 Å². The van der Waals surface area contributed by atoms with Crippen molar-refractivity contribution in [1.82, 2.24) is 9.47 Å². The average molecular weight is 506 g/mol. The Morgan fingerprint density at radius 3 is 2.46 bits per heavy atom. The van der Waals surface area contributed by atoms with Crippen LogP contribution in [0.1, 0.15) is 41.6 Å². The minimum absolute atomic E-state index is 0.0367. The Kier molecular flexibility index (Phi) is 7.24. The molecular formula is C26H27ClF3N3O2. The summed E-state index contributed by atoms with van der Waals surface area (Å²) in [4.78, 5) is 28.9. The number of pyridine rings is 1. The number of rotatable bonds is 5. The summed E-state index contributed by atoms with van der Waals surface area (Å²) in [7, 11) is 1.68. The van der Waals surface area contributed by atoms with Crippen LogP contribution in [0.3, 0.4) is 0 Å². The minimum atomic E-state index is -4.23. The lowest BCUT2D eigenvalue weighted by Crippen LogP contribution is -2.39. The lowest BCUT2D eigenvalue weighted by Gasteiger charge is -2.33. The molecule has 2 heterocycles. The van der Waals surface area contributed by atoms with Crippen LogP contribution in [-0.4, -0.2) is 48.2 Å². The van der Waals surface area contributed by atoms with Crippen LogP contribution in [0.5, 0.6) is 0 Å². The van der Waals surface area contributed by atoms with Crippen molar-refractivity contribution >= 4 is 34.1 Å². The summed E-state index contributed by atoms with van der Waals surface area (Å²) in [6.07, 6.45) is -3.17. The van der Waals surface area contributed by atoms with Crippen LogP contribution in [0.25, 0.3) is 10.9 Å². The number of hydrogen-bond donors (Lipinski definition) is 0. The summed E-state index contributed by atoms with van der Waals surface area (Å²) in [5.74, 6) is -0.261. The van der Waals surface area contributed by atoms with Crippen molar-refractivity contribution < 1.29 is 18.0 Å². The first-order valence-electron chi connectivity index (χ1n) is 11.6. The molecule has 4 rings (SSSR count). The fourth-order valence-corrected chi connectivity index (χ4v) is 5.05. The Morgan fingerprint density at radius 2 is 1.83 bits per heavy atom. The van der Waals surface area contributed by atoms with Crippen LogP contribution < -0.4 is 10.5 Å². The van der Waals surface area contributed by atoms with Crippen LogP contribution >= 0.6 is 11.6 Å². The van der Waals surface area contributed by atoms with Gasteiger partial charge in [-0.25, -0.2) is 0 Å². The van der Waals surface area contributed by atoms with Gasteiger partial charge in [0.05, 0.1) is 12.1 Å². The number of alkyl halides is 3. The summed E-state index contributed by atoms with van der Waals surface area (Å²) in [6, 6.07) is 13.8. The fourth-order valence-electron chi connectivity index (χ4n) is 4.86. The number of halogens is 4. The first kappa shape index (κ1) is 25.3. The molecule has 0 N–H and O–H groups in total. The lowest BCUT2D eigenvalue weighted by atomic mass is 9.87. The molecule has 0 saturated carbocycles. The van der Waals surface area contributed by atoms with Gasteiger partial charge in [0, 0.05) is 41.3 Å². The maximum absolute atomic E-state index is 13.1. The topological polar surface area (TPSA) is 45.6 Å². The number of amides is 1. The predicted molar refractivity (Wildman–Crippen MR) is 133 cm³/mol. The van der Waals surface area contributed by atoms with Crippen molar-refractivity contribution in [2.45, 2.75) is 38.4 Å². The Bertz CT molecular complexity index is 1300. The van der Waals surface area contributed by atoms with Gasteiger partial charge in [0.15, 0.2) is 0 Å². The molecule has 0 radical (unpaired) electrons. The van der Waals surface area contributed by atoms with E-state index in [2.05, 4.69) is 0 Å². The van der Waals surface area contributed by atoms with E-state index in [0.717, 1.165) is 16.5 Å². The Hall–Kier alpha value is -2.84. The van der Waals surface area contributed by atoms with Crippen LogP contribution in [0.15, 0.2) is 53.3 Å². The summed E-state index contributed by atoms with van der Waals surface area (Å²) in [5, 5.41) is 1.30. The molecule has 1 fully saturated rings. The predicted octanol–water partition coefficient (Wildman–Crippen LogP) is 5.69. The molecular weight excluding hydrogens is 479 g/mol. The van der Waals surface area contributed by atoms with E-state index in [4.69, 9.17) is 11.6 Å². The number of carbonyl (C=O) groups excluding carboxylic acids is 1. The van der Waals surface area contributed by atoms with Gasteiger partial charge in [-0.05, 0) is 80.7 Å². The van der Waals surface area contributed by atoms with Gasteiger partial charge in [-0.3, -0.25) is 14.5 Å². The number of carbonyl (C=O) groups is 1. The normalized spacial score (nSPS) is 15.5. The lowest BCUT2D eigenvalue weighted by molar-refractivity contribution is -0.147. The van der Waals surface area contributed by atoms with E-state index in [1.54, 1.807) is 48.0 Å². The molecule has 9 heteroatoms. The van der Waals surface area contributed by atoms with Gasteiger partial charge >= 0.3 is 6.18 Å². The molecule has 35 heavy (non-hydrogen) atoms. The molecule has 0 spiro atoms.